The average molecular weight is 425 g/mol. The number of hydrogen-bond donors (Lipinski definition) is 1. The molecule has 1 amide bonds. The van der Waals surface area contributed by atoms with E-state index in [1.54, 1.807) is 12.1 Å². The van der Waals surface area contributed by atoms with Crippen LogP contribution in [0, 0.1) is 10.1 Å². The van der Waals surface area contributed by atoms with Crippen LogP contribution < -0.4 is 5.32 Å². The van der Waals surface area contributed by atoms with E-state index in [-0.39, 0.29) is 26.3 Å². The SMILES string of the molecule is O=C(COC(=O)c1sc2ccccc2c1Cl)Nc1ccc([N+](=O)[O-])cc1Cl. The number of thiophene rings is 1. The minimum Gasteiger partial charge on any atom is -0.451 e. The third-order valence-corrected chi connectivity index (χ3v) is 5.46. The highest BCUT2D eigenvalue weighted by Gasteiger charge is 2.19. The van der Waals surface area contributed by atoms with Crippen LogP contribution in [0.1, 0.15) is 9.67 Å². The van der Waals surface area contributed by atoms with Gasteiger partial charge in [0.1, 0.15) is 4.88 Å². The summed E-state index contributed by atoms with van der Waals surface area (Å²) in [6.07, 6.45) is 0. The lowest BCUT2D eigenvalue weighted by atomic mass is 10.2. The molecule has 0 atom stereocenters. The number of fused-ring (bicyclic) bond motifs is 1. The minimum absolute atomic E-state index is 0.00331. The fraction of sp³-hybridized carbons (Fsp3) is 0.0588. The number of nitrogens with zero attached hydrogens (tertiary/aromatic N) is 1. The normalized spacial score (nSPS) is 10.6. The number of carbonyl (C=O) groups excluding carboxylic acids is 2. The molecule has 27 heavy (non-hydrogen) atoms. The van der Waals surface area contributed by atoms with E-state index in [4.69, 9.17) is 27.9 Å². The van der Waals surface area contributed by atoms with Crippen LogP contribution in [0.5, 0.6) is 0 Å². The Morgan fingerprint density at radius 1 is 1.19 bits per heavy atom. The van der Waals surface area contributed by atoms with Crippen molar-refractivity contribution >= 4 is 67.9 Å². The van der Waals surface area contributed by atoms with Crippen molar-refractivity contribution in [3.63, 3.8) is 0 Å². The maximum absolute atomic E-state index is 12.2. The van der Waals surface area contributed by atoms with E-state index in [0.717, 1.165) is 16.2 Å². The number of amides is 1. The van der Waals surface area contributed by atoms with E-state index in [1.807, 2.05) is 12.1 Å². The number of non-ortho nitro benzene ring substituents is 1. The molecule has 1 aromatic heterocycles. The average Bonchev–Trinajstić information content (AvgIpc) is 2.98. The van der Waals surface area contributed by atoms with E-state index in [1.165, 1.54) is 23.5 Å². The highest BCUT2D eigenvalue weighted by atomic mass is 35.5. The highest BCUT2D eigenvalue weighted by molar-refractivity contribution is 7.21. The summed E-state index contributed by atoms with van der Waals surface area (Å²) in [6.45, 7) is -0.559. The van der Waals surface area contributed by atoms with Crippen molar-refractivity contribution in [3.8, 4) is 0 Å². The molecule has 7 nitrogen and oxygen atoms in total. The van der Waals surface area contributed by atoms with E-state index < -0.39 is 23.4 Å². The molecule has 0 aliphatic rings. The molecule has 0 fully saturated rings. The molecule has 0 unspecified atom stereocenters. The number of carbonyl (C=O) groups is 2. The standard InChI is InChI=1S/C17H10Cl2N2O5S/c18-11-7-9(21(24)25)5-6-12(11)20-14(22)8-26-17(23)16-15(19)10-3-1-2-4-13(10)27-16/h1-7H,8H2,(H,20,22). The molecule has 2 aromatic carbocycles. The smallest absolute Gasteiger partial charge is 0.350 e. The first-order chi connectivity index (χ1) is 12.9. The molecule has 1 heterocycles. The lowest BCUT2D eigenvalue weighted by Crippen LogP contribution is -2.20. The van der Waals surface area contributed by atoms with Crippen molar-refractivity contribution in [2.24, 2.45) is 0 Å². The molecule has 0 bridgehead atoms. The molecule has 10 heteroatoms. The highest BCUT2D eigenvalue weighted by Crippen LogP contribution is 2.35. The van der Waals surface area contributed by atoms with Gasteiger partial charge in [-0.05, 0) is 12.1 Å². The topological polar surface area (TPSA) is 98.5 Å². The summed E-state index contributed by atoms with van der Waals surface area (Å²) in [6, 6.07) is 10.8. The number of halogens is 2. The van der Waals surface area contributed by atoms with Gasteiger partial charge in [0.05, 0.1) is 20.7 Å². The number of hydrogen-bond acceptors (Lipinski definition) is 6. The second-order valence-corrected chi connectivity index (χ2v) is 7.12. The van der Waals surface area contributed by atoms with Crippen molar-refractivity contribution in [1.29, 1.82) is 0 Å². The number of nitro benzene ring substituents is 1. The van der Waals surface area contributed by atoms with Crippen molar-refractivity contribution < 1.29 is 19.2 Å². The van der Waals surface area contributed by atoms with Gasteiger partial charge in [0.2, 0.25) is 0 Å². The van der Waals surface area contributed by atoms with Gasteiger partial charge in [-0.3, -0.25) is 14.9 Å². The monoisotopic (exact) mass is 424 g/mol. The predicted octanol–water partition coefficient (Wildman–Crippen LogP) is 4.91. The number of benzene rings is 2. The molecule has 0 saturated carbocycles. The molecule has 0 aliphatic heterocycles. The van der Waals surface area contributed by atoms with Gasteiger partial charge in [0, 0.05) is 22.2 Å². The zero-order chi connectivity index (χ0) is 19.6. The van der Waals surface area contributed by atoms with Crippen molar-refractivity contribution in [2.45, 2.75) is 0 Å². The summed E-state index contributed by atoms with van der Waals surface area (Å²) in [4.78, 5) is 34.5. The van der Waals surface area contributed by atoms with E-state index in [0.29, 0.717) is 0 Å². The molecule has 138 valence electrons. The van der Waals surface area contributed by atoms with E-state index in [2.05, 4.69) is 5.32 Å². The van der Waals surface area contributed by atoms with Gasteiger partial charge in [-0.15, -0.1) is 11.3 Å². The van der Waals surface area contributed by atoms with Crippen LogP contribution in [0.25, 0.3) is 10.1 Å². The van der Waals surface area contributed by atoms with Crippen molar-refractivity contribution in [3.05, 3.63) is 67.5 Å². The zero-order valence-corrected chi connectivity index (χ0v) is 15.7. The second kappa shape index (κ2) is 7.91. The van der Waals surface area contributed by atoms with Crippen LogP contribution in [0.2, 0.25) is 10.0 Å². The molecule has 0 aliphatic carbocycles. The van der Waals surface area contributed by atoms with E-state index >= 15 is 0 Å². The number of rotatable bonds is 5. The van der Waals surface area contributed by atoms with Gasteiger partial charge in [-0.25, -0.2) is 4.79 Å². The predicted molar refractivity (Wildman–Crippen MR) is 104 cm³/mol. The first-order valence-corrected chi connectivity index (χ1v) is 9.02. The zero-order valence-electron chi connectivity index (χ0n) is 13.4. The Balaban J connectivity index is 1.64. The van der Waals surface area contributed by atoms with Crippen LogP contribution in [0.15, 0.2) is 42.5 Å². The summed E-state index contributed by atoms with van der Waals surface area (Å²) < 4.78 is 5.83. The summed E-state index contributed by atoms with van der Waals surface area (Å²) in [5.41, 5.74) is -0.0351. The lowest BCUT2D eigenvalue weighted by Gasteiger charge is -2.07. The Hall–Kier alpha value is -2.68. The van der Waals surface area contributed by atoms with Crippen molar-refractivity contribution in [2.75, 3.05) is 11.9 Å². The van der Waals surface area contributed by atoms with Crippen LogP contribution in [-0.4, -0.2) is 23.4 Å². The Kier molecular flexibility index (Phi) is 5.59. The maximum atomic E-state index is 12.2. The molecule has 3 rings (SSSR count). The molecule has 0 radical (unpaired) electrons. The number of esters is 1. The molecule has 1 N–H and O–H groups in total. The number of nitrogens with one attached hydrogen (secondary N) is 1. The van der Waals surface area contributed by atoms with Gasteiger partial charge in [-0.1, -0.05) is 41.4 Å². The van der Waals surface area contributed by atoms with Crippen molar-refractivity contribution in [1.82, 2.24) is 0 Å². The van der Waals surface area contributed by atoms with E-state index in [9.17, 15) is 19.7 Å². The molecular formula is C17H10Cl2N2O5S. The Labute approximate surface area is 166 Å². The fourth-order valence-corrected chi connectivity index (χ4v) is 3.87. The third-order valence-electron chi connectivity index (χ3n) is 3.49. The molecule has 0 spiro atoms. The Morgan fingerprint density at radius 3 is 2.59 bits per heavy atom. The van der Waals surface area contributed by atoms with Gasteiger partial charge < -0.3 is 10.1 Å². The first-order valence-electron chi connectivity index (χ1n) is 7.44. The van der Waals surface area contributed by atoms with Gasteiger partial charge >= 0.3 is 5.97 Å². The Bertz CT molecular complexity index is 1070. The summed E-state index contributed by atoms with van der Waals surface area (Å²) >= 11 is 13.3. The number of nitro groups is 1. The summed E-state index contributed by atoms with van der Waals surface area (Å²) in [5.74, 6) is -1.36. The van der Waals surface area contributed by atoms with Crippen LogP contribution >= 0.6 is 34.5 Å². The van der Waals surface area contributed by atoms with Gasteiger partial charge in [0.15, 0.2) is 6.61 Å². The summed E-state index contributed by atoms with van der Waals surface area (Å²) in [7, 11) is 0. The molecule has 3 aromatic rings. The van der Waals surface area contributed by atoms with Crippen LogP contribution in [0.4, 0.5) is 11.4 Å². The molecular weight excluding hydrogens is 415 g/mol. The Morgan fingerprint density at radius 2 is 1.93 bits per heavy atom. The van der Waals surface area contributed by atoms with Crippen LogP contribution in [-0.2, 0) is 9.53 Å². The number of anilines is 1. The van der Waals surface area contributed by atoms with Gasteiger partial charge in [0.25, 0.3) is 11.6 Å². The fourth-order valence-electron chi connectivity index (χ4n) is 2.25. The number of ether oxygens (including phenoxy) is 1. The first kappa shape index (κ1) is 19.1. The van der Waals surface area contributed by atoms with Crippen LogP contribution in [0.3, 0.4) is 0 Å². The lowest BCUT2D eigenvalue weighted by molar-refractivity contribution is -0.384. The summed E-state index contributed by atoms with van der Waals surface area (Å²) in [5, 5.41) is 14.1. The maximum Gasteiger partial charge on any atom is 0.350 e. The quantitative estimate of drug-likeness (QED) is 0.356. The third kappa shape index (κ3) is 4.19. The minimum atomic E-state index is -0.717. The largest absolute Gasteiger partial charge is 0.451 e. The molecule has 0 saturated heterocycles. The second-order valence-electron chi connectivity index (χ2n) is 5.29. The van der Waals surface area contributed by atoms with Gasteiger partial charge in [-0.2, -0.15) is 0 Å².